The number of hydrogen-bond acceptors (Lipinski definition) is 3. The van der Waals surface area contributed by atoms with Gasteiger partial charge in [0.2, 0.25) is 0 Å². The first-order valence-electron chi connectivity index (χ1n) is 5.78. The fourth-order valence-electron chi connectivity index (χ4n) is 1.67. The molecule has 0 atom stereocenters. The summed E-state index contributed by atoms with van der Waals surface area (Å²) in [5.74, 6) is 1.44. The van der Waals surface area contributed by atoms with Crippen molar-refractivity contribution in [1.29, 1.82) is 0 Å². The molecular weight excluding hydrogens is 228 g/mol. The quantitative estimate of drug-likeness (QED) is 0.840. The van der Waals surface area contributed by atoms with Crippen LogP contribution in [0, 0.1) is 0 Å². The molecule has 0 bridgehead atoms. The molecule has 0 aromatic heterocycles. The predicted molar refractivity (Wildman–Crippen MR) is 75.0 cm³/mol. The number of aliphatic hydroxyl groups excluding tert-OH is 1. The largest absolute Gasteiger partial charge is 0.496 e. The van der Waals surface area contributed by atoms with E-state index in [0.29, 0.717) is 5.75 Å². The Balaban J connectivity index is 3.32. The lowest BCUT2D eigenvalue weighted by Gasteiger charge is -2.16. The Kier molecular flexibility index (Phi) is 4.98. The van der Waals surface area contributed by atoms with Crippen LogP contribution < -0.4 is 9.47 Å². The highest BCUT2D eigenvalue weighted by Gasteiger charge is 2.12. The van der Waals surface area contributed by atoms with E-state index in [4.69, 9.17) is 14.6 Å². The van der Waals surface area contributed by atoms with Gasteiger partial charge in [0, 0.05) is 11.1 Å². The van der Waals surface area contributed by atoms with E-state index in [1.54, 1.807) is 7.11 Å². The summed E-state index contributed by atoms with van der Waals surface area (Å²) >= 11 is 0. The number of ether oxygens (including phenoxy) is 2. The zero-order valence-electron chi connectivity index (χ0n) is 11.2. The molecule has 0 saturated carbocycles. The van der Waals surface area contributed by atoms with E-state index >= 15 is 0 Å². The van der Waals surface area contributed by atoms with Gasteiger partial charge >= 0.3 is 0 Å². The van der Waals surface area contributed by atoms with Crippen LogP contribution in [0.1, 0.15) is 25.0 Å². The number of rotatable bonds is 6. The molecule has 18 heavy (non-hydrogen) atoms. The van der Waals surface area contributed by atoms with Gasteiger partial charge < -0.3 is 14.6 Å². The van der Waals surface area contributed by atoms with Crippen molar-refractivity contribution in [2.45, 2.75) is 13.8 Å². The summed E-state index contributed by atoms with van der Waals surface area (Å²) in [6.45, 7) is 11.9. The highest BCUT2D eigenvalue weighted by atomic mass is 16.5. The van der Waals surface area contributed by atoms with Crippen molar-refractivity contribution in [3.05, 3.63) is 36.4 Å². The molecule has 0 radical (unpaired) electrons. The van der Waals surface area contributed by atoms with Gasteiger partial charge in [0.25, 0.3) is 0 Å². The molecule has 0 saturated heterocycles. The first-order valence-corrected chi connectivity index (χ1v) is 5.78. The molecular formula is C15H20O3. The first-order chi connectivity index (χ1) is 8.51. The Hall–Kier alpha value is -1.74. The Morgan fingerprint density at radius 1 is 1.11 bits per heavy atom. The van der Waals surface area contributed by atoms with E-state index < -0.39 is 0 Å². The molecule has 3 heteroatoms. The lowest BCUT2D eigenvalue weighted by Crippen LogP contribution is -2.04. The van der Waals surface area contributed by atoms with Crippen molar-refractivity contribution in [2.24, 2.45) is 0 Å². The Morgan fingerprint density at radius 3 is 2.06 bits per heavy atom. The molecule has 98 valence electrons. The molecule has 0 heterocycles. The summed E-state index contributed by atoms with van der Waals surface area (Å²) in [4.78, 5) is 0. The predicted octanol–water partition coefficient (Wildman–Crippen LogP) is 3.13. The molecule has 0 spiro atoms. The molecule has 1 rings (SSSR count). The minimum Gasteiger partial charge on any atom is -0.496 e. The number of hydrogen-bond donors (Lipinski definition) is 1. The van der Waals surface area contributed by atoms with Gasteiger partial charge in [0.1, 0.15) is 18.1 Å². The molecule has 1 aromatic rings. The van der Waals surface area contributed by atoms with Crippen molar-refractivity contribution in [3.8, 4) is 11.5 Å². The fourth-order valence-corrected chi connectivity index (χ4v) is 1.67. The monoisotopic (exact) mass is 248 g/mol. The highest BCUT2D eigenvalue weighted by Crippen LogP contribution is 2.35. The molecule has 0 amide bonds. The normalized spacial score (nSPS) is 10.0. The van der Waals surface area contributed by atoms with Gasteiger partial charge in [-0.25, -0.2) is 0 Å². The van der Waals surface area contributed by atoms with Gasteiger partial charge in [-0.1, -0.05) is 13.2 Å². The van der Waals surface area contributed by atoms with Gasteiger partial charge in [-0.05, 0) is 37.1 Å². The van der Waals surface area contributed by atoms with Crippen LogP contribution in [0.3, 0.4) is 0 Å². The molecule has 0 fully saturated rings. The van der Waals surface area contributed by atoms with E-state index in [9.17, 15) is 0 Å². The third kappa shape index (κ3) is 3.14. The summed E-state index contributed by atoms with van der Waals surface area (Å²) in [6.07, 6.45) is 0. The molecule has 1 N–H and O–H groups in total. The van der Waals surface area contributed by atoms with Crippen molar-refractivity contribution >= 4 is 11.1 Å². The third-order valence-corrected chi connectivity index (χ3v) is 2.57. The second-order valence-corrected chi connectivity index (χ2v) is 4.18. The maximum atomic E-state index is 8.85. The molecule has 0 unspecified atom stereocenters. The highest BCUT2D eigenvalue weighted by molar-refractivity contribution is 5.76. The maximum Gasteiger partial charge on any atom is 0.127 e. The molecule has 0 aliphatic rings. The molecule has 1 aromatic carbocycles. The SMILES string of the molecule is C=C(C)c1cc(OCCO)c(C(=C)C)cc1OC. The second kappa shape index (κ2) is 6.26. The molecule has 0 aliphatic heterocycles. The third-order valence-electron chi connectivity index (χ3n) is 2.57. The van der Waals surface area contributed by atoms with E-state index in [2.05, 4.69) is 13.2 Å². The van der Waals surface area contributed by atoms with E-state index in [-0.39, 0.29) is 13.2 Å². The van der Waals surface area contributed by atoms with Crippen LogP contribution in [-0.2, 0) is 0 Å². The van der Waals surface area contributed by atoms with Crippen molar-refractivity contribution < 1.29 is 14.6 Å². The lowest BCUT2D eigenvalue weighted by molar-refractivity contribution is 0.201. The number of allylic oxidation sites excluding steroid dienone is 2. The van der Waals surface area contributed by atoms with Crippen LogP contribution in [0.2, 0.25) is 0 Å². The van der Waals surface area contributed by atoms with Crippen LogP contribution >= 0.6 is 0 Å². The maximum absolute atomic E-state index is 8.85. The van der Waals surface area contributed by atoms with Crippen LogP contribution in [-0.4, -0.2) is 25.4 Å². The van der Waals surface area contributed by atoms with Crippen LogP contribution in [0.5, 0.6) is 11.5 Å². The van der Waals surface area contributed by atoms with Crippen molar-refractivity contribution in [1.82, 2.24) is 0 Å². The Bertz CT molecular complexity index is 461. The number of methoxy groups -OCH3 is 1. The summed E-state index contributed by atoms with van der Waals surface area (Å²) in [7, 11) is 1.62. The number of benzene rings is 1. The molecule has 3 nitrogen and oxygen atoms in total. The van der Waals surface area contributed by atoms with Crippen LogP contribution in [0.15, 0.2) is 25.3 Å². The first kappa shape index (κ1) is 14.3. The van der Waals surface area contributed by atoms with Gasteiger partial charge in [0.05, 0.1) is 13.7 Å². The second-order valence-electron chi connectivity index (χ2n) is 4.18. The van der Waals surface area contributed by atoms with E-state index in [1.165, 1.54) is 0 Å². The Morgan fingerprint density at radius 2 is 1.61 bits per heavy atom. The average Bonchev–Trinajstić information content (AvgIpc) is 2.34. The topological polar surface area (TPSA) is 38.7 Å². The standard InChI is InChI=1S/C15H20O3/c1-10(2)12-9-15(18-7-6-16)13(11(3)4)8-14(12)17-5/h8-9,16H,1,3,6-7H2,2,4-5H3. The van der Waals surface area contributed by atoms with Crippen LogP contribution in [0.4, 0.5) is 0 Å². The van der Waals surface area contributed by atoms with E-state index in [1.807, 2.05) is 26.0 Å². The smallest absolute Gasteiger partial charge is 0.127 e. The minimum absolute atomic E-state index is 0.0237. The minimum atomic E-state index is -0.0237. The Labute approximate surface area is 108 Å². The van der Waals surface area contributed by atoms with Gasteiger partial charge in [0.15, 0.2) is 0 Å². The number of aliphatic hydroxyl groups is 1. The zero-order chi connectivity index (χ0) is 13.7. The van der Waals surface area contributed by atoms with Crippen LogP contribution in [0.25, 0.3) is 11.1 Å². The van der Waals surface area contributed by atoms with Gasteiger partial charge in [-0.2, -0.15) is 0 Å². The summed E-state index contributed by atoms with van der Waals surface area (Å²) in [5.41, 5.74) is 3.56. The van der Waals surface area contributed by atoms with Gasteiger partial charge in [-0.3, -0.25) is 0 Å². The fraction of sp³-hybridized carbons (Fsp3) is 0.333. The summed E-state index contributed by atoms with van der Waals surface area (Å²) in [5, 5.41) is 8.85. The zero-order valence-corrected chi connectivity index (χ0v) is 11.2. The summed E-state index contributed by atoms with van der Waals surface area (Å²) in [6, 6.07) is 3.76. The van der Waals surface area contributed by atoms with Gasteiger partial charge in [-0.15, -0.1) is 0 Å². The molecule has 0 aliphatic carbocycles. The van der Waals surface area contributed by atoms with Crippen molar-refractivity contribution in [2.75, 3.05) is 20.3 Å². The lowest BCUT2D eigenvalue weighted by atomic mass is 10.0. The van der Waals surface area contributed by atoms with Crippen molar-refractivity contribution in [3.63, 3.8) is 0 Å². The average molecular weight is 248 g/mol. The summed E-state index contributed by atoms with van der Waals surface area (Å²) < 4.78 is 10.9. The van der Waals surface area contributed by atoms with E-state index in [0.717, 1.165) is 28.0 Å².